The fraction of sp³-hybridized carbons (Fsp3) is 0.0909. The Morgan fingerprint density at radius 2 is 1.18 bits per heavy atom. The first-order chi connectivity index (χ1) is 38.6. The number of benzene rings is 9. The number of aromatic nitrogens is 5. The lowest BCUT2D eigenvalue weighted by atomic mass is 9.78. The summed E-state index contributed by atoms with van der Waals surface area (Å²) in [4.78, 5) is 4.97. The number of fused-ring (bicyclic) bond motifs is 7. The summed E-state index contributed by atoms with van der Waals surface area (Å²) in [5.74, 6) is 2.02. The van der Waals surface area contributed by atoms with E-state index in [1.54, 1.807) is 4.57 Å². The largest absolute Gasteiger partial charge is 0.458 e. The molecule has 0 fully saturated rings. The van der Waals surface area contributed by atoms with Crippen molar-refractivity contribution in [3.63, 3.8) is 0 Å². The predicted octanol–water partition coefficient (Wildman–Crippen LogP) is 16.6. The summed E-state index contributed by atoms with van der Waals surface area (Å²) < 4.78 is 85.6. The third-order valence-electron chi connectivity index (χ3n) is 14.1. The standard InChI is InChI=1S/C66H51N5O/c1-44(66(2,3)4)47-37-38-67-64(39-47)71-60-36-33-49(70-58-29-13-11-25-54(58)55-26-12-14-30-59(55)70)41-57(60)56-35-34-51(42-63(56)71)72-50-24-17-23-48(40-50)68-43-69(62-32-16-15-31-61(62)68)65-52(45-19-7-5-8-20-45)27-18-28-53(65)46-21-9-6-10-22-46/h5-42,44H,1-4H3/i11D,12D,13D,14D,25D,26D,29D,30D. The van der Waals surface area contributed by atoms with E-state index in [2.05, 4.69) is 145 Å². The van der Waals surface area contributed by atoms with E-state index in [0.717, 1.165) is 72.0 Å². The van der Waals surface area contributed by atoms with Gasteiger partial charge in [-0.25, -0.2) is 4.98 Å². The highest BCUT2D eigenvalue weighted by molar-refractivity contribution is 6.12. The Balaban J connectivity index is 0.973. The van der Waals surface area contributed by atoms with Gasteiger partial charge in [0.15, 0.2) is 0 Å². The minimum Gasteiger partial charge on any atom is -0.458 e. The first kappa shape index (κ1) is 35.2. The lowest BCUT2D eigenvalue weighted by Gasteiger charge is -2.27. The van der Waals surface area contributed by atoms with Gasteiger partial charge in [0.05, 0.1) is 55.4 Å². The molecule has 72 heavy (non-hydrogen) atoms. The maximum absolute atomic E-state index is 9.17. The molecule has 9 aromatic carbocycles. The minimum atomic E-state index is -0.490. The first-order valence-corrected chi connectivity index (χ1v) is 24.1. The molecule has 4 heterocycles. The summed E-state index contributed by atoms with van der Waals surface area (Å²) in [6.07, 6.45) is 5.60. The molecule has 0 radical (unpaired) electrons. The highest BCUT2D eigenvalue weighted by Gasteiger charge is 2.24. The van der Waals surface area contributed by atoms with Gasteiger partial charge in [-0.15, -0.1) is 0 Å². The third-order valence-corrected chi connectivity index (χ3v) is 14.1. The van der Waals surface area contributed by atoms with Crippen LogP contribution < -0.4 is 9.30 Å². The lowest BCUT2D eigenvalue weighted by molar-refractivity contribution is -0.571. The van der Waals surface area contributed by atoms with Crippen LogP contribution in [0.3, 0.4) is 0 Å². The molecule has 0 N–H and O–H groups in total. The van der Waals surface area contributed by atoms with Gasteiger partial charge in [0.25, 0.3) is 6.33 Å². The maximum Gasteiger partial charge on any atom is 0.269 e. The highest BCUT2D eigenvalue weighted by Crippen LogP contribution is 2.41. The third kappa shape index (κ3) is 7.25. The summed E-state index contributed by atoms with van der Waals surface area (Å²) in [7, 11) is 0. The molecule has 6 nitrogen and oxygen atoms in total. The van der Waals surface area contributed by atoms with Crippen LogP contribution in [0.2, 0.25) is 0 Å². The van der Waals surface area contributed by atoms with Gasteiger partial charge >= 0.3 is 0 Å². The maximum atomic E-state index is 9.17. The number of para-hydroxylation sites is 5. The van der Waals surface area contributed by atoms with Crippen molar-refractivity contribution < 1.29 is 20.3 Å². The van der Waals surface area contributed by atoms with E-state index >= 15 is 0 Å². The molecule has 0 amide bonds. The smallest absolute Gasteiger partial charge is 0.269 e. The van der Waals surface area contributed by atoms with Gasteiger partial charge < -0.3 is 9.30 Å². The zero-order valence-electron chi connectivity index (χ0n) is 48.0. The van der Waals surface area contributed by atoms with Crippen LogP contribution in [-0.4, -0.2) is 18.7 Å². The topological polar surface area (TPSA) is 40.8 Å². The molecule has 0 aliphatic heterocycles. The van der Waals surface area contributed by atoms with E-state index in [1.807, 2.05) is 85.1 Å². The first-order valence-electron chi connectivity index (χ1n) is 28.1. The van der Waals surface area contributed by atoms with Crippen molar-refractivity contribution >= 4 is 54.6 Å². The second-order valence-corrected chi connectivity index (χ2v) is 19.3. The van der Waals surface area contributed by atoms with Gasteiger partial charge in [-0.05, 0) is 112 Å². The van der Waals surface area contributed by atoms with Crippen molar-refractivity contribution in [2.24, 2.45) is 5.41 Å². The van der Waals surface area contributed by atoms with Gasteiger partial charge in [-0.3, -0.25) is 13.7 Å². The van der Waals surface area contributed by atoms with Gasteiger partial charge in [0.2, 0.25) is 0 Å². The quantitative estimate of drug-likeness (QED) is 0.107. The van der Waals surface area contributed by atoms with Crippen molar-refractivity contribution in [3.05, 3.63) is 242 Å². The fourth-order valence-corrected chi connectivity index (χ4v) is 10.2. The summed E-state index contributed by atoms with van der Waals surface area (Å²) in [5, 5.41) is 1.64. The molecular formula is C66H51N5O. The zero-order chi connectivity index (χ0) is 55.5. The molecule has 0 spiro atoms. The van der Waals surface area contributed by atoms with Crippen molar-refractivity contribution in [2.45, 2.75) is 33.6 Å². The van der Waals surface area contributed by atoms with Crippen molar-refractivity contribution in [1.82, 2.24) is 18.7 Å². The Kier molecular flexibility index (Phi) is 8.37. The Labute approximate surface area is 430 Å². The molecule has 4 aromatic heterocycles. The molecule has 0 aliphatic rings. The Bertz CT molecular complexity index is 4540. The van der Waals surface area contributed by atoms with E-state index < -0.39 is 24.2 Å². The molecule has 13 rings (SSSR count). The van der Waals surface area contributed by atoms with Gasteiger partial charge in [0, 0.05) is 39.5 Å². The Morgan fingerprint density at radius 1 is 0.528 bits per heavy atom. The predicted molar refractivity (Wildman–Crippen MR) is 295 cm³/mol. The van der Waals surface area contributed by atoms with Crippen LogP contribution in [0.1, 0.15) is 50.1 Å². The van der Waals surface area contributed by atoms with Crippen LogP contribution in [-0.2, 0) is 0 Å². The van der Waals surface area contributed by atoms with E-state index in [-0.39, 0.29) is 57.3 Å². The van der Waals surface area contributed by atoms with E-state index in [4.69, 9.17) is 17.9 Å². The van der Waals surface area contributed by atoms with Crippen molar-refractivity contribution in [3.8, 4) is 56.6 Å². The number of rotatable bonds is 9. The highest BCUT2D eigenvalue weighted by atomic mass is 16.5. The second-order valence-electron chi connectivity index (χ2n) is 19.3. The molecule has 1 atom stereocenters. The second kappa shape index (κ2) is 17.1. The summed E-state index contributed by atoms with van der Waals surface area (Å²) in [6.45, 7) is 8.87. The molecule has 13 aromatic rings. The monoisotopic (exact) mass is 937 g/mol. The molecule has 0 aliphatic carbocycles. The van der Waals surface area contributed by atoms with Crippen molar-refractivity contribution in [2.75, 3.05) is 0 Å². The fourth-order valence-electron chi connectivity index (χ4n) is 10.2. The Morgan fingerprint density at radius 3 is 1.89 bits per heavy atom. The number of nitrogens with zero attached hydrogens (tertiary/aromatic N) is 5. The van der Waals surface area contributed by atoms with E-state index in [1.165, 1.54) is 0 Å². The molecule has 0 bridgehead atoms. The minimum absolute atomic E-state index is 0.0213. The number of imidazole rings is 1. The molecule has 0 saturated carbocycles. The van der Waals surface area contributed by atoms with Gasteiger partial charge in [-0.1, -0.05) is 173 Å². The zero-order valence-corrected chi connectivity index (χ0v) is 40.0. The molecular weight excluding hydrogens is 879 g/mol. The van der Waals surface area contributed by atoms with Crippen LogP contribution in [0, 0.1) is 11.7 Å². The van der Waals surface area contributed by atoms with E-state index in [0.29, 0.717) is 23.0 Å². The van der Waals surface area contributed by atoms with Crippen molar-refractivity contribution in [1.29, 1.82) is 0 Å². The van der Waals surface area contributed by atoms with Crippen LogP contribution >= 0.6 is 0 Å². The van der Waals surface area contributed by atoms with Gasteiger partial charge in [-0.2, -0.15) is 0 Å². The molecule has 346 valence electrons. The number of pyridine rings is 1. The molecule has 0 saturated heterocycles. The van der Waals surface area contributed by atoms with Crippen LogP contribution in [0.25, 0.3) is 99.8 Å². The van der Waals surface area contributed by atoms with Gasteiger partial charge in [0.1, 0.15) is 17.3 Å². The molecule has 6 heteroatoms. The summed E-state index contributed by atoms with van der Waals surface area (Å²) in [6, 6.07) is 55.9. The summed E-state index contributed by atoms with van der Waals surface area (Å²) >= 11 is 0. The van der Waals surface area contributed by atoms with Crippen LogP contribution in [0.5, 0.6) is 11.5 Å². The van der Waals surface area contributed by atoms with Crippen LogP contribution in [0.4, 0.5) is 0 Å². The SMILES string of the molecule is [2H]c1c([2H])c([2H])c2c(c1[2H])c1c([2H])c([2H])c([2H])c([2H])c1n2-c1ccc2c(c1)c1ccc(Oc3cccc(-n4[c-][n+](-c5c(-c6ccccc6)cccc5-c5ccccc5)c5ccccc54)c3)cc1n2-c1cc(C(C)C(C)(C)C)ccn1. The average Bonchev–Trinajstić information content (AvgIpc) is 3.98. The average molecular weight is 938 g/mol. The number of hydrogen-bond donors (Lipinski definition) is 0. The van der Waals surface area contributed by atoms with Crippen LogP contribution in [0.15, 0.2) is 230 Å². The normalized spacial score (nSPS) is 13.9. The summed E-state index contributed by atoms with van der Waals surface area (Å²) in [5.41, 5.74) is 11.3. The Hall–Kier alpha value is -9.00. The molecule has 1 unspecified atom stereocenters. The number of ether oxygens (including phenoxy) is 1. The lowest BCUT2D eigenvalue weighted by Crippen LogP contribution is -2.31. The number of hydrogen-bond acceptors (Lipinski definition) is 2. The van der Waals surface area contributed by atoms with E-state index in [9.17, 15) is 2.74 Å².